The van der Waals surface area contributed by atoms with Gasteiger partial charge in [-0.15, -0.1) is 0 Å². The van der Waals surface area contributed by atoms with E-state index in [4.69, 9.17) is 10.00 Å². The molecule has 1 saturated heterocycles. The van der Waals surface area contributed by atoms with Crippen LogP contribution in [0.15, 0.2) is 24.4 Å². The van der Waals surface area contributed by atoms with Crippen LogP contribution in [-0.4, -0.2) is 45.5 Å². The smallest absolute Gasteiger partial charge is 0.270 e. The minimum absolute atomic E-state index is 0.0180. The number of likely N-dealkylation sites (tertiary alicyclic amines) is 1. The molecular weight excluding hydrogens is 394 g/mol. The van der Waals surface area contributed by atoms with E-state index in [1.54, 1.807) is 18.3 Å². The SMILES string of the molecule is CC[C@@H](NC(=O)c1cc(C(=O)N2CCC[C@@H]2C)n2c1COCC2)c1ccc(C#N)nc1. The van der Waals surface area contributed by atoms with Gasteiger partial charge in [0.1, 0.15) is 17.5 Å². The molecule has 0 aliphatic carbocycles. The molecule has 2 atom stereocenters. The number of carbonyl (C=O) groups excluding carboxylic acids is 2. The summed E-state index contributed by atoms with van der Waals surface area (Å²) < 4.78 is 7.54. The van der Waals surface area contributed by atoms with Crippen LogP contribution >= 0.6 is 0 Å². The third-order valence-corrected chi connectivity index (χ3v) is 6.20. The second kappa shape index (κ2) is 8.90. The lowest BCUT2D eigenvalue weighted by atomic mass is 10.1. The van der Waals surface area contributed by atoms with Gasteiger partial charge in [0.15, 0.2) is 0 Å². The number of carbonyl (C=O) groups is 2. The average molecular weight is 422 g/mol. The molecule has 0 radical (unpaired) electrons. The van der Waals surface area contributed by atoms with Crippen LogP contribution in [0, 0.1) is 11.3 Å². The monoisotopic (exact) mass is 421 g/mol. The van der Waals surface area contributed by atoms with Gasteiger partial charge in [0.05, 0.1) is 30.5 Å². The van der Waals surface area contributed by atoms with Crippen molar-refractivity contribution < 1.29 is 14.3 Å². The lowest BCUT2D eigenvalue weighted by Crippen LogP contribution is -2.35. The number of hydrogen-bond acceptors (Lipinski definition) is 5. The first-order chi connectivity index (χ1) is 15.0. The first-order valence-corrected chi connectivity index (χ1v) is 10.8. The summed E-state index contributed by atoms with van der Waals surface area (Å²) in [6, 6.07) is 7.14. The van der Waals surface area contributed by atoms with Crippen LogP contribution < -0.4 is 5.32 Å². The standard InChI is InChI=1S/C23H27N5O3/c1-3-19(16-6-7-17(12-24)25-13-16)26-22(29)18-11-20(28-9-10-31-14-21(18)28)23(30)27-8-4-5-15(27)2/h6-7,11,13,15,19H,3-5,8-10,14H2,1-2H3,(H,26,29)/t15-,19+/m0/s1. The van der Waals surface area contributed by atoms with Crippen molar-refractivity contribution in [2.24, 2.45) is 0 Å². The zero-order valence-electron chi connectivity index (χ0n) is 17.9. The van der Waals surface area contributed by atoms with Crippen LogP contribution in [0.5, 0.6) is 0 Å². The van der Waals surface area contributed by atoms with Gasteiger partial charge in [-0.25, -0.2) is 4.98 Å². The van der Waals surface area contributed by atoms with Gasteiger partial charge in [0.2, 0.25) is 0 Å². The van der Waals surface area contributed by atoms with Gasteiger partial charge in [-0.2, -0.15) is 5.26 Å². The number of hydrogen-bond donors (Lipinski definition) is 1. The van der Waals surface area contributed by atoms with Crippen molar-refractivity contribution >= 4 is 11.8 Å². The van der Waals surface area contributed by atoms with Crippen LogP contribution in [0.4, 0.5) is 0 Å². The molecule has 1 fully saturated rings. The summed E-state index contributed by atoms with van der Waals surface area (Å²) in [5, 5.41) is 12.0. The van der Waals surface area contributed by atoms with Gasteiger partial charge in [-0.05, 0) is 43.9 Å². The van der Waals surface area contributed by atoms with Crippen LogP contribution in [0.1, 0.15) is 76.9 Å². The number of rotatable bonds is 5. The molecule has 31 heavy (non-hydrogen) atoms. The molecule has 1 N–H and O–H groups in total. The van der Waals surface area contributed by atoms with Crippen molar-refractivity contribution in [2.45, 2.75) is 58.3 Å². The first-order valence-electron chi connectivity index (χ1n) is 10.8. The van der Waals surface area contributed by atoms with E-state index in [9.17, 15) is 9.59 Å². The zero-order valence-corrected chi connectivity index (χ0v) is 17.9. The van der Waals surface area contributed by atoms with Crippen LogP contribution in [-0.2, 0) is 17.9 Å². The van der Waals surface area contributed by atoms with Gasteiger partial charge in [0.25, 0.3) is 11.8 Å². The lowest BCUT2D eigenvalue weighted by molar-refractivity contribution is 0.0683. The molecule has 8 nitrogen and oxygen atoms in total. The number of aromatic nitrogens is 2. The second-order valence-electron chi connectivity index (χ2n) is 8.11. The van der Waals surface area contributed by atoms with Crippen molar-refractivity contribution in [3.63, 3.8) is 0 Å². The number of nitriles is 1. The highest BCUT2D eigenvalue weighted by Crippen LogP contribution is 2.26. The maximum Gasteiger partial charge on any atom is 0.270 e. The Kier molecular flexibility index (Phi) is 6.05. The molecular formula is C23H27N5O3. The lowest BCUT2D eigenvalue weighted by Gasteiger charge is -2.24. The van der Waals surface area contributed by atoms with Crippen molar-refractivity contribution in [1.29, 1.82) is 5.26 Å². The number of nitrogens with zero attached hydrogens (tertiary/aromatic N) is 4. The normalized spacial score (nSPS) is 18.9. The Bertz CT molecular complexity index is 1020. The number of ether oxygens (including phenoxy) is 1. The Hall–Kier alpha value is -3.18. The summed E-state index contributed by atoms with van der Waals surface area (Å²) in [6.07, 6.45) is 4.30. The van der Waals surface area contributed by atoms with E-state index in [1.165, 1.54) is 0 Å². The van der Waals surface area contributed by atoms with Gasteiger partial charge in [-0.1, -0.05) is 13.0 Å². The van der Waals surface area contributed by atoms with E-state index in [2.05, 4.69) is 17.2 Å². The van der Waals surface area contributed by atoms with E-state index in [1.807, 2.05) is 28.5 Å². The van der Waals surface area contributed by atoms with Crippen molar-refractivity contribution in [2.75, 3.05) is 13.2 Å². The largest absolute Gasteiger partial charge is 0.373 e. The highest BCUT2D eigenvalue weighted by Gasteiger charge is 2.32. The highest BCUT2D eigenvalue weighted by molar-refractivity contribution is 6.01. The molecule has 8 heteroatoms. The first kappa shape index (κ1) is 21.1. The van der Waals surface area contributed by atoms with Gasteiger partial charge in [0, 0.05) is 25.3 Å². The molecule has 0 saturated carbocycles. The average Bonchev–Trinajstić information content (AvgIpc) is 3.41. The fourth-order valence-corrected chi connectivity index (χ4v) is 4.42. The molecule has 2 aromatic rings. The molecule has 0 bridgehead atoms. The quantitative estimate of drug-likeness (QED) is 0.800. The summed E-state index contributed by atoms with van der Waals surface area (Å²) in [6.45, 7) is 6.18. The Morgan fingerprint density at radius 1 is 1.39 bits per heavy atom. The van der Waals surface area contributed by atoms with E-state index < -0.39 is 0 Å². The molecule has 2 aliphatic heterocycles. The summed E-state index contributed by atoms with van der Waals surface area (Å²) in [7, 11) is 0. The Morgan fingerprint density at radius 2 is 2.23 bits per heavy atom. The Morgan fingerprint density at radius 3 is 2.87 bits per heavy atom. The predicted molar refractivity (Wildman–Crippen MR) is 113 cm³/mol. The minimum Gasteiger partial charge on any atom is -0.373 e. The van der Waals surface area contributed by atoms with Crippen LogP contribution in [0.25, 0.3) is 0 Å². The molecule has 2 amide bonds. The van der Waals surface area contributed by atoms with E-state index in [-0.39, 0.29) is 23.9 Å². The molecule has 2 aliphatic rings. The van der Waals surface area contributed by atoms with Crippen LogP contribution in [0.3, 0.4) is 0 Å². The van der Waals surface area contributed by atoms with Gasteiger partial charge >= 0.3 is 0 Å². The van der Waals surface area contributed by atoms with Gasteiger partial charge in [-0.3, -0.25) is 9.59 Å². The molecule has 4 heterocycles. The number of nitrogens with one attached hydrogen (secondary N) is 1. The highest BCUT2D eigenvalue weighted by atomic mass is 16.5. The van der Waals surface area contributed by atoms with E-state index in [0.29, 0.717) is 43.1 Å². The van der Waals surface area contributed by atoms with Crippen molar-refractivity contribution in [1.82, 2.24) is 19.8 Å². The topological polar surface area (TPSA) is 100 Å². The molecule has 0 unspecified atom stereocenters. The zero-order chi connectivity index (χ0) is 22.0. The van der Waals surface area contributed by atoms with Crippen molar-refractivity contribution in [3.05, 3.63) is 52.6 Å². The number of amides is 2. The third-order valence-electron chi connectivity index (χ3n) is 6.20. The second-order valence-corrected chi connectivity index (χ2v) is 8.11. The van der Waals surface area contributed by atoms with Crippen LogP contribution in [0.2, 0.25) is 0 Å². The maximum absolute atomic E-state index is 13.2. The Labute approximate surface area is 181 Å². The fraction of sp³-hybridized carbons (Fsp3) is 0.478. The molecule has 4 rings (SSSR count). The molecule has 0 aromatic carbocycles. The molecule has 162 valence electrons. The number of fused-ring (bicyclic) bond motifs is 1. The summed E-state index contributed by atoms with van der Waals surface area (Å²) >= 11 is 0. The molecule has 2 aromatic heterocycles. The summed E-state index contributed by atoms with van der Waals surface area (Å²) in [5.74, 6) is -0.255. The fourth-order valence-electron chi connectivity index (χ4n) is 4.42. The number of pyridine rings is 1. The summed E-state index contributed by atoms with van der Waals surface area (Å²) in [4.78, 5) is 32.5. The maximum atomic E-state index is 13.2. The van der Waals surface area contributed by atoms with Crippen molar-refractivity contribution in [3.8, 4) is 6.07 Å². The van der Waals surface area contributed by atoms with E-state index in [0.717, 1.165) is 30.6 Å². The Balaban J connectivity index is 1.60. The minimum atomic E-state index is -0.245. The van der Waals surface area contributed by atoms with E-state index >= 15 is 0 Å². The third kappa shape index (κ3) is 4.06. The van der Waals surface area contributed by atoms with Gasteiger partial charge < -0.3 is 19.5 Å². The predicted octanol–water partition coefficient (Wildman–Crippen LogP) is 2.79. The molecule has 0 spiro atoms. The summed E-state index contributed by atoms with van der Waals surface area (Å²) in [5.41, 5.74) is 2.95.